The number of benzene rings is 2. The number of carboxylic acids is 1. The zero-order valence-electron chi connectivity index (χ0n) is 15.5. The summed E-state index contributed by atoms with van der Waals surface area (Å²) in [7, 11) is 1.43. The third-order valence-electron chi connectivity index (χ3n) is 4.36. The third kappa shape index (κ3) is 5.07. The number of carboxylic acid groups (broad SMARTS) is 1. The van der Waals surface area contributed by atoms with E-state index >= 15 is 0 Å². The summed E-state index contributed by atoms with van der Waals surface area (Å²) in [4.78, 5) is 13.6. The number of nitrogens with zero attached hydrogens (tertiary/aromatic N) is 1. The molecule has 10 heteroatoms. The fraction of sp³-hybridized carbons (Fsp3) is 0.316. The van der Waals surface area contributed by atoms with E-state index in [2.05, 4.69) is 4.72 Å². The molecule has 1 fully saturated rings. The van der Waals surface area contributed by atoms with Gasteiger partial charge >= 0.3 is 12.1 Å². The summed E-state index contributed by atoms with van der Waals surface area (Å²) in [6.07, 6.45) is -4.48. The van der Waals surface area contributed by atoms with Gasteiger partial charge in [-0.2, -0.15) is 13.2 Å². The lowest BCUT2D eigenvalue weighted by Crippen LogP contribution is -2.36. The van der Waals surface area contributed by atoms with Gasteiger partial charge in [0.25, 0.3) is 0 Å². The van der Waals surface area contributed by atoms with Gasteiger partial charge in [-0.05, 0) is 48.3 Å². The predicted octanol–water partition coefficient (Wildman–Crippen LogP) is 4.37. The smallest absolute Gasteiger partial charge is 0.416 e. The van der Waals surface area contributed by atoms with Crippen LogP contribution in [-0.2, 0) is 10.9 Å². The first-order valence-corrected chi connectivity index (χ1v) is 9.49. The van der Waals surface area contributed by atoms with Crippen LogP contribution in [0.4, 0.5) is 24.5 Å². The molecule has 0 amide bonds. The van der Waals surface area contributed by atoms with Gasteiger partial charge in [0.15, 0.2) is 0 Å². The molecule has 0 aromatic heterocycles. The molecule has 3 rings (SSSR count). The number of alkyl halides is 3. The first-order chi connectivity index (χ1) is 13.8. The molecule has 0 saturated carbocycles. The van der Waals surface area contributed by atoms with Crippen LogP contribution >= 0.6 is 11.9 Å². The Morgan fingerprint density at radius 3 is 2.55 bits per heavy atom. The molecule has 2 N–H and O–H groups in total. The Morgan fingerprint density at radius 2 is 1.93 bits per heavy atom. The Kier molecular flexibility index (Phi) is 6.43. The number of ether oxygens (including phenoxy) is 2. The highest BCUT2D eigenvalue weighted by atomic mass is 32.2. The van der Waals surface area contributed by atoms with Gasteiger partial charge in [-0.25, -0.2) is 4.79 Å². The molecule has 1 saturated heterocycles. The van der Waals surface area contributed by atoms with Gasteiger partial charge in [0.05, 0.1) is 47.7 Å². The quantitative estimate of drug-likeness (QED) is 0.662. The van der Waals surface area contributed by atoms with Crippen LogP contribution in [0, 0.1) is 0 Å². The van der Waals surface area contributed by atoms with Gasteiger partial charge in [0.1, 0.15) is 5.75 Å². The highest BCUT2D eigenvalue weighted by molar-refractivity contribution is 8.00. The maximum Gasteiger partial charge on any atom is 0.416 e. The molecule has 2 aromatic carbocycles. The number of hydrogen-bond donors (Lipinski definition) is 2. The van der Waals surface area contributed by atoms with Gasteiger partial charge in [-0.3, -0.25) is 0 Å². The van der Waals surface area contributed by atoms with Crippen LogP contribution in [-0.4, -0.2) is 44.5 Å². The number of rotatable bonds is 6. The summed E-state index contributed by atoms with van der Waals surface area (Å²) < 4.78 is 53.1. The summed E-state index contributed by atoms with van der Waals surface area (Å²) in [6.45, 7) is 2.09. The zero-order chi connectivity index (χ0) is 21.0. The highest BCUT2D eigenvalue weighted by Gasteiger charge is 2.31. The van der Waals surface area contributed by atoms with E-state index in [1.165, 1.54) is 31.4 Å². The molecule has 2 aromatic rings. The normalized spacial score (nSPS) is 14.6. The van der Waals surface area contributed by atoms with E-state index in [0.29, 0.717) is 42.6 Å². The number of nitrogens with one attached hydrogen (secondary N) is 1. The molecule has 1 aliphatic rings. The van der Waals surface area contributed by atoms with Crippen LogP contribution < -0.4 is 14.4 Å². The van der Waals surface area contributed by atoms with E-state index < -0.39 is 17.7 Å². The third-order valence-corrected chi connectivity index (χ3v) is 5.22. The van der Waals surface area contributed by atoms with Crippen molar-refractivity contribution in [2.75, 3.05) is 43.0 Å². The SMILES string of the molecule is COc1ccc(C(=O)O)cc1SNc1cc(C(F)(F)F)ccc1N1CCOCC1. The number of halogens is 3. The van der Waals surface area contributed by atoms with E-state index in [0.717, 1.165) is 24.1 Å². The van der Waals surface area contributed by atoms with E-state index in [4.69, 9.17) is 9.47 Å². The molecule has 1 heterocycles. The van der Waals surface area contributed by atoms with Gasteiger partial charge in [-0.1, -0.05) is 0 Å². The number of anilines is 2. The second kappa shape index (κ2) is 8.83. The average Bonchev–Trinajstić information content (AvgIpc) is 2.71. The van der Waals surface area contributed by atoms with Crippen molar-refractivity contribution in [2.45, 2.75) is 11.1 Å². The van der Waals surface area contributed by atoms with Crippen molar-refractivity contribution in [1.82, 2.24) is 0 Å². The Morgan fingerprint density at radius 1 is 1.21 bits per heavy atom. The van der Waals surface area contributed by atoms with Gasteiger partial charge in [0.2, 0.25) is 0 Å². The van der Waals surface area contributed by atoms with E-state index in [1.807, 2.05) is 4.90 Å². The van der Waals surface area contributed by atoms with Gasteiger partial charge in [0, 0.05) is 13.1 Å². The Labute approximate surface area is 169 Å². The maximum absolute atomic E-state index is 13.2. The molecule has 1 aliphatic heterocycles. The largest absolute Gasteiger partial charge is 0.496 e. The average molecular weight is 428 g/mol. The molecule has 0 atom stereocenters. The van der Waals surface area contributed by atoms with E-state index in [1.54, 1.807) is 0 Å². The number of morpholine rings is 1. The molecule has 0 unspecified atom stereocenters. The molecule has 6 nitrogen and oxygen atoms in total. The van der Waals surface area contributed by atoms with E-state index in [-0.39, 0.29) is 11.3 Å². The molecular formula is C19H19F3N2O4S. The molecule has 0 bridgehead atoms. The number of methoxy groups -OCH3 is 1. The number of hydrogen-bond acceptors (Lipinski definition) is 6. The van der Waals surface area contributed by atoms with Gasteiger partial charge < -0.3 is 24.2 Å². The predicted molar refractivity (Wildman–Crippen MR) is 104 cm³/mol. The van der Waals surface area contributed by atoms with Crippen molar-refractivity contribution in [2.24, 2.45) is 0 Å². The van der Waals surface area contributed by atoms with E-state index in [9.17, 15) is 23.1 Å². The minimum Gasteiger partial charge on any atom is -0.496 e. The van der Waals surface area contributed by atoms with Crippen molar-refractivity contribution in [1.29, 1.82) is 0 Å². The van der Waals surface area contributed by atoms with Crippen molar-refractivity contribution < 1.29 is 32.5 Å². The zero-order valence-corrected chi connectivity index (χ0v) is 16.3. The molecule has 0 aliphatic carbocycles. The lowest BCUT2D eigenvalue weighted by Gasteiger charge is -2.31. The van der Waals surface area contributed by atoms with Crippen molar-refractivity contribution in [3.63, 3.8) is 0 Å². The fourth-order valence-corrected chi connectivity index (χ4v) is 3.69. The molecule has 156 valence electrons. The summed E-state index contributed by atoms with van der Waals surface area (Å²) in [6, 6.07) is 7.83. The van der Waals surface area contributed by atoms with Gasteiger partial charge in [-0.15, -0.1) is 0 Å². The lowest BCUT2D eigenvalue weighted by atomic mass is 10.1. The van der Waals surface area contributed by atoms with Crippen LogP contribution in [0.15, 0.2) is 41.3 Å². The summed E-state index contributed by atoms with van der Waals surface area (Å²) in [5, 5.41) is 9.18. The second-order valence-corrected chi connectivity index (χ2v) is 7.05. The monoisotopic (exact) mass is 428 g/mol. The fourth-order valence-electron chi connectivity index (χ4n) is 2.87. The molecule has 0 spiro atoms. The molecular weight excluding hydrogens is 409 g/mol. The topological polar surface area (TPSA) is 71.0 Å². The van der Waals surface area contributed by atoms with Crippen LogP contribution in [0.5, 0.6) is 5.75 Å². The minimum atomic E-state index is -4.48. The summed E-state index contributed by atoms with van der Waals surface area (Å²) in [5.74, 6) is -0.699. The standard InChI is InChI=1S/C19H19F3N2O4S/c1-27-16-5-2-12(18(25)26)10-17(16)29-23-14-11-13(19(20,21)22)3-4-15(14)24-6-8-28-9-7-24/h2-5,10-11,23H,6-9H2,1H3,(H,25,26). The van der Waals surface area contributed by atoms with Crippen LogP contribution in [0.1, 0.15) is 15.9 Å². The Balaban J connectivity index is 1.92. The summed E-state index contributed by atoms with van der Waals surface area (Å²) >= 11 is 0.990. The maximum atomic E-state index is 13.2. The summed E-state index contributed by atoms with van der Waals surface area (Å²) in [5.41, 5.74) is 0.160. The van der Waals surface area contributed by atoms with Crippen molar-refractivity contribution in [3.05, 3.63) is 47.5 Å². The van der Waals surface area contributed by atoms with Crippen LogP contribution in [0.3, 0.4) is 0 Å². The number of aromatic carboxylic acids is 1. The molecule has 29 heavy (non-hydrogen) atoms. The Bertz CT molecular complexity index is 886. The first-order valence-electron chi connectivity index (χ1n) is 8.67. The van der Waals surface area contributed by atoms with Crippen molar-refractivity contribution >= 4 is 29.3 Å². The minimum absolute atomic E-state index is 0.0487. The van der Waals surface area contributed by atoms with Crippen LogP contribution in [0.25, 0.3) is 0 Å². The lowest BCUT2D eigenvalue weighted by molar-refractivity contribution is -0.137. The van der Waals surface area contributed by atoms with Crippen molar-refractivity contribution in [3.8, 4) is 5.75 Å². The second-order valence-electron chi connectivity index (χ2n) is 6.20. The highest BCUT2D eigenvalue weighted by Crippen LogP contribution is 2.39. The Hall–Kier alpha value is -2.59. The first kappa shape index (κ1) is 21.1. The van der Waals surface area contributed by atoms with Crippen LogP contribution in [0.2, 0.25) is 0 Å². The molecule has 0 radical (unpaired) electrons. The number of carbonyl (C=O) groups is 1.